The van der Waals surface area contributed by atoms with Gasteiger partial charge in [-0.1, -0.05) is 135 Å². The first-order valence-electron chi connectivity index (χ1n) is 15.4. The van der Waals surface area contributed by atoms with Crippen LogP contribution in [0.25, 0.3) is 0 Å². The van der Waals surface area contributed by atoms with Crippen molar-refractivity contribution in [2.45, 2.75) is 100 Å². The number of hydrogen-bond donors (Lipinski definition) is 2. The Morgan fingerprint density at radius 3 is 1.79 bits per heavy atom. The van der Waals surface area contributed by atoms with Crippen molar-refractivity contribution >= 4 is 5.78 Å². The van der Waals surface area contributed by atoms with Crippen molar-refractivity contribution in [1.82, 2.24) is 0 Å². The Morgan fingerprint density at radius 1 is 0.791 bits per heavy atom. The minimum absolute atomic E-state index is 0.00653. The molecule has 0 aliphatic heterocycles. The highest BCUT2D eigenvalue weighted by Crippen LogP contribution is 2.44. The van der Waals surface area contributed by atoms with Gasteiger partial charge in [0.1, 0.15) is 5.60 Å². The number of hydrogen-bond acceptors (Lipinski definition) is 3. The molecule has 2 atom stereocenters. The number of aliphatic hydroxyl groups is 2. The molecule has 1 unspecified atom stereocenters. The number of allylic oxidation sites excluding steroid dienone is 19. The summed E-state index contributed by atoms with van der Waals surface area (Å²) in [5.41, 5.74) is 6.10. The third-order valence-corrected chi connectivity index (χ3v) is 8.47. The molecule has 0 bridgehead atoms. The summed E-state index contributed by atoms with van der Waals surface area (Å²) in [6.07, 6.45) is 31.9. The van der Waals surface area contributed by atoms with E-state index in [4.69, 9.17) is 0 Å². The molecule has 0 spiro atoms. The summed E-state index contributed by atoms with van der Waals surface area (Å²) in [5.74, 6) is 0.0657. The Bertz CT molecular complexity index is 1370. The number of rotatable bonds is 10. The van der Waals surface area contributed by atoms with Gasteiger partial charge in [-0.15, -0.1) is 0 Å². The zero-order chi connectivity index (χ0) is 32.4. The lowest BCUT2D eigenvalue weighted by atomic mass is 9.64. The fraction of sp³-hybridized carbons (Fsp3) is 0.425. The highest BCUT2D eigenvalue weighted by molar-refractivity contribution is 5.92. The molecule has 0 aromatic rings. The van der Waals surface area contributed by atoms with Gasteiger partial charge in [-0.2, -0.15) is 0 Å². The van der Waals surface area contributed by atoms with Gasteiger partial charge in [0.25, 0.3) is 0 Å². The van der Waals surface area contributed by atoms with Gasteiger partial charge in [-0.25, -0.2) is 0 Å². The van der Waals surface area contributed by atoms with Crippen molar-refractivity contribution in [1.29, 1.82) is 0 Å². The normalized spacial score (nSPS) is 26.3. The van der Waals surface area contributed by atoms with Crippen LogP contribution in [-0.4, -0.2) is 27.7 Å². The zero-order valence-corrected chi connectivity index (χ0v) is 28.2. The van der Waals surface area contributed by atoms with Gasteiger partial charge < -0.3 is 10.2 Å². The van der Waals surface area contributed by atoms with Gasteiger partial charge in [0, 0.05) is 11.8 Å². The minimum Gasteiger partial charge on any atom is -0.393 e. The minimum atomic E-state index is -1.14. The molecule has 3 nitrogen and oxygen atoms in total. The summed E-state index contributed by atoms with van der Waals surface area (Å²) in [6.45, 7) is 20.5. The lowest BCUT2D eigenvalue weighted by molar-refractivity contribution is -0.121. The van der Waals surface area contributed by atoms with Gasteiger partial charge in [0.15, 0.2) is 5.78 Å². The lowest BCUT2D eigenvalue weighted by Crippen LogP contribution is -2.48. The molecule has 0 saturated heterocycles. The first kappa shape index (κ1) is 35.9. The molecule has 232 valence electrons. The topological polar surface area (TPSA) is 57.5 Å². The molecule has 0 heterocycles. The third kappa shape index (κ3) is 10.7. The number of carbonyl (C=O) groups excluding carboxylic acids is 1. The highest BCUT2D eigenvalue weighted by Gasteiger charge is 2.46. The number of ketones is 1. The van der Waals surface area contributed by atoms with Gasteiger partial charge in [-0.05, 0) is 83.1 Å². The Morgan fingerprint density at radius 2 is 1.28 bits per heavy atom. The Hall–Kier alpha value is -3.27. The molecule has 2 N–H and O–H groups in total. The first-order chi connectivity index (χ1) is 20.0. The van der Waals surface area contributed by atoms with E-state index in [0.29, 0.717) is 12.0 Å². The number of carbonyl (C=O) groups is 1. The van der Waals surface area contributed by atoms with Crippen molar-refractivity contribution in [3.05, 3.63) is 130 Å². The van der Waals surface area contributed by atoms with Crippen LogP contribution in [0.3, 0.4) is 0 Å². The fourth-order valence-electron chi connectivity index (χ4n) is 5.85. The molecule has 43 heavy (non-hydrogen) atoms. The molecule has 0 saturated carbocycles. The van der Waals surface area contributed by atoms with Crippen molar-refractivity contribution in [3.63, 3.8) is 0 Å². The molecule has 2 aliphatic carbocycles. The van der Waals surface area contributed by atoms with E-state index < -0.39 is 11.0 Å². The van der Waals surface area contributed by atoms with Crippen LogP contribution in [-0.2, 0) is 4.79 Å². The van der Waals surface area contributed by atoms with Crippen LogP contribution in [0.4, 0.5) is 0 Å². The fourth-order valence-corrected chi connectivity index (χ4v) is 5.85. The second-order valence-corrected chi connectivity index (χ2v) is 13.7. The maximum atomic E-state index is 11.9. The molecular weight excluding hydrogens is 528 g/mol. The molecule has 0 radical (unpaired) electrons. The van der Waals surface area contributed by atoms with Gasteiger partial charge >= 0.3 is 0 Å². The Labute approximate surface area is 261 Å². The van der Waals surface area contributed by atoms with Crippen LogP contribution < -0.4 is 0 Å². The van der Waals surface area contributed by atoms with Crippen molar-refractivity contribution in [2.24, 2.45) is 10.8 Å². The van der Waals surface area contributed by atoms with Crippen molar-refractivity contribution in [2.75, 3.05) is 0 Å². The van der Waals surface area contributed by atoms with Crippen LogP contribution in [0.15, 0.2) is 130 Å². The molecule has 0 aromatic heterocycles. The van der Waals surface area contributed by atoms with Gasteiger partial charge in [0.05, 0.1) is 6.10 Å². The van der Waals surface area contributed by atoms with Crippen molar-refractivity contribution in [3.8, 4) is 0 Å². The Balaban J connectivity index is 1.93. The molecule has 3 heteroatoms. The summed E-state index contributed by atoms with van der Waals surface area (Å²) in [6, 6.07) is 0. The Kier molecular flexibility index (Phi) is 12.9. The van der Waals surface area contributed by atoms with E-state index in [1.54, 1.807) is 6.08 Å². The van der Waals surface area contributed by atoms with E-state index in [-0.39, 0.29) is 17.3 Å². The molecule has 0 amide bonds. The second kappa shape index (κ2) is 15.5. The monoisotopic (exact) mass is 582 g/mol. The summed E-state index contributed by atoms with van der Waals surface area (Å²) < 4.78 is 0. The molecule has 2 aliphatic rings. The van der Waals surface area contributed by atoms with E-state index in [9.17, 15) is 15.0 Å². The summed E-state index contributed by atoms with van der Waals surface area (Å²) in [7, 11) is 0. The number of aliphatic hydroxyl groups excluding tert-OH is 1. The maximum Gasteiger partial charge on any atom is 0.156 e. The van der Waals surface area contributed by atoms with E-state index in [0.717, 1.165) is 29.6 Å². The third-order valence-electron chi connectivity index (χ3n) is 8.47. The van der Waals surface area contributed by atoms with E-state index in [1.165, 1.54) is 16.7 Å². The van der Waals surface area contributed by atoms with Crippen LogP contribution in [0.2, 0.25) is 0 Å². The second-order valence-electron chi connectivity index (χ2n) is 13.7. The molecule has 2 rings (SSSR count). The maximum absolute atomic E-state index is 11.9. The quantitative estimate of drug-likeness (QED) is 0.252. The molecule has 0 fully saturated rings. The average Bonchev–Trinajstić information content (AvgIpc) is 2.87. The van der Waals surface area contributed by atoms with Crippen molar-refractivity contribution < 1.29 is 15.0 Å². The summed E-state index contributed by atoms with van der Waals surface area (Å²) >= 11 is 0. The standard InChI is InChI=1S/C40H54O3/c1-29(17-13-19-31(3)21-22-37-33(5)25-35(41)27-38(37,7)8)15-11-12-16-30(2)18-14-20-32(4)23-24-40(43)34(6)26-36(42)28-39(40,9)10/h11-24,26,35,41,43H,25,27-28H2,1-10H3/b12-11+,17-13+,18-14+,22-21+,24-23+,29-15+,30-16+,31-19+,32-20+/t35-,40?/m1/s1. The lowest BCUT2D eigenvalue weighted by Gasteiger charge is -2.44. The zero-order valence-electron chi connectivity index (χ0n) is 28.2. The smallest absolute Gasteiger partial charge is 0.156 e. The van der Waals surface area contributed by atoms with E-state index in [2.05, 4.69) is 90.2 Å². The predicted octanol–water partition coefficient (Wildman–Crippen LogP) is 9.73. The van der Waals surface area contributed by atoms with Crippen LogP contribution in [0.5, 0.6) is 0 Å². The molecular formula is C40H54O3. The first-order valence-corrected chi connectivity index (χ1v) is 15.4. The van der Waals surface area contributed by atoms with Gasteiger partial charge in [0.2, 0.25) is 0 Å². The van der Waals surface area contributed by atoms with Crippen LogP contribution in [0.1, 0.15) is 88.5 Å². The van der Waals surface area contributed by atoms with Crippen LogP contribution >= 0.6 is 0 Å². The van der Waals surface area contributed by atoms with Gasteiger partial charge in [-0.3, -0.25) is 4.79 Å². The van der Waals surface area contributed by atoms with Crippen LogP contribution in [0, 0.1) is 10.8 Å². The van der Waals surface area contributed by atoms with E-state index >= 15 is 0 Å². The largest absolute Gasteiger partial charge is 0.393 e. The SMILES string of the molecule is CC1=CC(=O)CC(C)(C)C1(O)/C=C/C(C)=C/C=C/C(C)=C/C=C/C=C(C)/C=C/C=C(C)/C=C/C1=C(C)C[C@@H](O)CC1(C)C. The highest BCUT2D eigenvalue weighted by atomic mass is 16.3. The molecule has 0 aromatic carbocycles. The average molecular weight is 583 g/mol. The summed E-state index contributed by atoms with van der Waals surface area (Å²) in [5, 5.41) is 21.4. The van der Waals surface area contributed by atoms with E-state index in [1.807, 2.05) is 64.2 Å². The summed E-state index contributed by atoms with van der Waals surface area (Å²) in [4.78, 5) is 11.9. The predicted molar refractivity (Wildman–Crippen MR) is 185 cm³/mol.